The molecule has 0 amide bonds. The van der Waals surface area contributed by atoms with E-state index in [2.05, 4.69) is 25.8 Å². The second kappa shape index (κ2) is 2.76. The Labute approximate surface area is 69.2 Å². The Hall–Kier alpha value is -0.0800. The van der Waals surface area contributed by atoms with E-state index in [-0.39, 0.29) is 0 Å². The number of likely N-dealkylation sites (tertiary alicyclic amines) is 1. The van der Waals surface area contributed by atoms with Crippen molar-refractivity contribution in [3.05, 3.63) is 0 Å². The van der Waals surface area contributed by atoms with Crippen molar-refractivity contribution >= 4 is 0 Å². The van der Waals surface area contributed by atoms with Crippen LogP contribution in [0.4, 0.5) is 0 Å². The van der Waals surface area contributed by atoms with Crippen LogP contribution in [0.25, 0.3) is 0 Å². The Morgan fingerprint density at radius 1 is 1.27 bits per heavy atom. The zero-order chi connectivity index (χ0) is 8.65. The number of aliphatic hydroxyl groups is 1. The first kappa shape index (κ1) is 9.01. The summed E-state index contributed by atoms with van der Waals surface area (Å²) in [6, 6.07) is 1.02. The van der Waals surface area contributed by atoms with Crippen LogP contribution in [0.5, 0.6) is 0 Å². The van der Waals surface area contributed by atoms with E-state index in [0.29, 0.717) is 12.1 Å². The molecule has 2 nitrogen and oxygen atoms in total. The molecule has 0 aromatic carbocycles. The van der Waals surface area contributed by atoms with E-state index >= 15 is 0 Å². The van der Waals surface area contributed by atoms with Crippen LogP contribution in [0, 0.1) is 0 Å². The molecule has 1 rings (SSSR count). The molecule has 11 heavy (non-hydrogen) atoms. The van der Waals surface area contributed by atoms with E-state index in [1.54, 1.807) is 0 Å². The summed E-state index contributed by atoms with van der Waals surface area (Å²) in [6.07, 6.45) is 1.79. The molecule has 0 radical (unpaired) electrons. The van der Waals surface area contributed by atoms with Crippen LogP contribution in [0.2, 0.25) is 0 Å². The Bertz CT molecular complexity index is 130. The lowest BCUT2D eigenvalue weighted by molar-refractivity contribution is -0.0444. The minimum Gasteiger partial charge on any atom is -0.390 e. The highest BCUT2D eigenvalue weighted by molar-refractivity contribution is 4.89. The van der Waals surface area contributed by atoms with Gasteiger partial charge in [-0.2, -0.15) is 0 Å². The van der Waals surface area contributed by atoms with Crippen LogP contribution in [0.1, 0.15) is 33.6 Å². The van der Waals surface area contributed by atoms with Gasteiger partial charge in [0.05, 0.1) is 5.60 Å². The number of piperidine rings is 1. The van der Waals surface area contributed by atoms with Gasteiger partial charge in [0.1, 0.15) is 0 Å². The van der Waals surface area contributed by atoms with Gasteiger partial charge in [-0.15, -0.1) is 0 Å². The van der Waals surface area contributed by atoms with Crippen LogP contribution < -0.4 is 0 Å². The van der Waals surface area contributed by atoms with Crippen molar-refractivity contribution in [2.24, 2.45) is 0 Å². The van der Waals surface area contributed by atoms with Crippen molar-refractivity contribution in [2.45, 2.75) is 51.3 Å². The summed E-state index contributed by atoms with van der Waals surface area (Å²) in [5, 5.41) is 9.81. The van der Waals surface area contributed by atoms with Crippen LogP contribution >= 0.6 is 0 Å². The van der Waals surface area contributed by atoms with Gasteiger partial charge in [0, 0.05) is 12.1 Å². The summed E-state index contributed by atoms with van der Waals surface area (Å²) >= 11 is 0. The topological polar surface area (TPSA) is 23.5 Å². The highest BCUT2D eigenvalue weighted by Gasteiger charge is 2.34. The maximum absolute atomic E-state index is 9.81. The second-order valence-corrected chi connectivity index (χ2v) is 4.27. The van der Waals surface area contributed by atoms with Crippen LogP contribution in [-0.2, 0) is 0 Å². The van der Waals surface area contributed by atoms with Crippen molar-refractivity contribution < 1.29 is 5.11 Å². The highest BCUT2D eigenvalue weighted by Crippen LogP contribution is 2.29. The van der Waals surface area contributed by atoms with Gasteiger partial charge in [-0.1, -0.05) is 0 Å². The Morgan fingerprint density at radius 3 is 2.00 bits per heavy atom. The summed E-state index contributed by atoms with van der Waals surface area (Å²) in [5.41, 5.74) is -0.439. The molecule has 66 valence electrons. The van der Waals surface area contributed by atoms with Gasteiger partial charge in [-0.05, 0) is 40.7 Å². The predicted molar refractivity (Wildman–Crippen MR) is 46.5 cm³/mol. The van der Waals surface area contributed by atoms with Gasteiger partial charge in [0.2, 0.25) is 0 Å². The quantitative estimate of drug-likeness (QED) is 0.572. The average molecular weight is 157 g/mol. The van der Waals surface area contributed by atoms with Crippen molar-refractivity contribution in [2.75, 3.05) is 7.05 Å². The first-order valence-electron chi connectivity index (χ1n) is 4.37. The molecule has 3 atom stereocenters. The zero-order valence-electron chi connectivity index (χ0n) is 7.96. The lowest BCUT2D eigenvalue weighted by atomic mass is 9.85. The van der Waals surface area contributed by atoms with Gasteiger partial charge in [0.25, 0.3) is 0 Å². The molecular formula is C9H19NO. The molecule has 1 N–H and O–H groups in total. The van der Waals surface area contributed by atoms with Gasteiger partial charge < -0.3 is 10.0 Å². The zero-order valence-corrected chi connectivity index (χ0v) is 7.96. The van der Waals surface area contributed by atoms with Crippen molar-refractivity contribution in [3.63, 3.8) is 0 Å². The lowest BCUT2D eigenvalue weighted by Gasteiger charge is -2.43. The maximum atomic E-state index is 9.81. The van der Waals surface area contributed by atoms with E-state index in [9.17, 15) is 5.11 Å². The molecule has 0 spiro atoms. The third-order valence-corrected chi connectivity index (χ3v) is 2.86. The number of hydrogen-bond donors (Lipinski definition) is 1. The van der Waals surface area contributed by atoms with Gasteiger partial charge in [-0.3, -0.25) is 0 Å². The van der Waals surface area contributed by atoms with E-state index in [1.165, 1.54) is 0 Å². The van der Waals surface area contributed by atoms with Gasteiger partial charge >= 0.3 is 0 Å². The molecule has 1 aliphatic heterocycles. The standard InChI is InChI=1S/C9H19NO/c1-7-5-9(3,11)6-8(2)10(7)4/h7-8,11H,5-6H2,1-4H3/t7-,8+,9?. The maximum Gasteiger partial charge on any atom is 0.0649 e. The monoisotopic (exact) mass is 157 g/mol. The Kier molecular flexibility index (Phi) is 2.26. The lowest BCUT2D eigenvalue weighted by Crippen LogP contribution is -2.50. The Balaban J connectivity index is 2.62. The fourth-order valence-electron chi connectivity index (χ4n) is 2.08. The third-order valence-electron chi connectivity index (χ3n) is 2.86. The van der Waals surface area contributed by atoms with E-state index in [1.807, 2.05) is 6.92 Å². The minimum atomic E-state index is -0.439. The van der Waals surface area contributed by atoms with Crippen LogP contribution in [0.15, 0.2) is 0 Å². The molecule has 0 bridgehead atoms. The normalized spacial score (nSPS) is 47.7. The molecule has 0 aromatic rings. The molecule has 1 aliphatic rings. The summed E-state index contributed by atoms with van der Waals surface area (Å²) in [5.74, 6) is 0. The Morgan fingerprint density at radius 2 is 1.64 bits per heavy atom. The van der Waals surface area contributed by atoms with Crippen molar-refractivity contribution in [1.29, 1.82) is 0 Å². The molecule has 1 heterocycles. The summed E-state index contributed by atoms with van der Waals surface area (Å²) in [7, 11) is 2.13. The van der Waals surface area contributed by atoms with Crippen molar-refractivity contribution in [3.8, 4) is 0 Å². The molecule has 2 heteroatoms. The summed E-state index contributed by atoms with van der Waals surface area (Å²) in [4.78, 5) is 2.33. The van der Waals surface area contributed by atoms with Crippen LogP contribution in [0.3, 0.4) is 0 Å². The first-order chi connectivity index (χ1) is 4.92. The van der Waals surface area contributed by atoms with Gasteiger partial charge in [0.15, 0.2) is 0 Å². The van der Waals surface area contributed by atoms with E-state index < -0.39 is 5.60 Å². The average Bonchev–Trinajstić information content (AvgIpc) is 1.81. The number of rotatable bonds is 0. The van der Waals surface area contributed by atoms with E-state index in [4.69, 9.17) is 0 Å². The van der Waals surface area contributed by atoms with E-state index in [0.717, 1.165) is 12.8 Å². The molecule has 0 aromatic heterocycles. The SMILES string of the molecule is C[C@@H]1CC(C)(O)C[C@H](C)N1C. The fourth-order valence-corrected chi connectivity index (χ4v) is 2.08. The third kappa shape index (κ3) is 1.94. The fraction of sp³-hybridized carbons (Fsp3) is 1.00. The minimum absolute atomic E-state index is 0.439. The van der Waals surface area contributed by atoms with Crippen molar-refractivity contribution in [1.82, 2.24) is 4.90 Å². The number of nitrogens with zero attached hydrogens (tertiary/aromatic N) is 1. The summed E-state index contributed by atoms with van der Waals surface area (Å²) in [6.45, 7) is 6.28. The molecule has 1 saturated heterocycles. The second-order valence-electron chi connectivity index (χ2n) is 4.27. The number of hydrogen-bond acceptors (Lipinski definition) is 2. The molecule has 1 fully saturated rings. The molecule has 1 unspecified atom stereocenters. The largest absolute Gasteiger partial charge is 0.390 e. The molecular weight excluding hydrogens is 138 g/mol. The van der Waals surface area contributed by atoms with Gasteiger partial charge in [-0.25, -0.2) is 0 Å². The first-order valence-corrected chi connectivity index (χ1v) is 4.37. The predicted octanol–water partition coefficient (Wildman–Crippen LogP) is 1.24. The van der Waals surface area contributed by atoms with Crippen LogP contribution in [-0.4, -0.2) is 34.7 Å². The summed E-state index contributed by atoms with van der Waals surface area (Å²) < 4.78 is 0. The smallest absolute Gasteiger partial charge is 0.0649 e. The highest BCUT2D eigenvalue weighted by atomic mass is 16.3. The molecule has 0 aliphatic carbocycles. The molecule has 0 saturated carbocycles.